The molecule has 0 radical (unpaired) electrons. The fourth-order valence-electron chi connectivity index (χ4n) is 3.77. The first-order valence-corrected chi connectivity index (χ1v) is 10.6. The van der Waals surface area contributed by atoms with Crippen molar-refractivity contribution in [2.45, 2.75) is 25.3 Å². The lowest BCUT2D eigenvalue weighted by Crippen LogP contribution is -3.11. The summed E-state index contributed by atoms with van der Waals surface area (Å²) in [6.07, 6.45) is 3.04. The molecule has 4 nitrogen and oxygen atoms in total. The second kappa shape index (κ2) is 8.38. The molecule has 6 heteroatoms. The van der Waals surface area contributed by atoms with E-state index in [2.05, 4.69) is 23.5 Å². The van der Waals surface area contributed by atoms with Crippen molar-refractivity contribution in [3.63, 3.8) is 0 Å². The Morgan fingerprint density at radius 1 is 1.26 bits per heavy atom. The highest BCUT2D eigenvalue weighted by Gasteiger charge is 2.33. The maximum absolute atomic E-state index is 12.4. The third kappa shape index (κ3) is 4.49. The van der Waals surface area contributed by atoms with Crippen LogP contribution in [0, 0.1) is 0 Å². The van der Waals surface area contributed by atoms with Crippen LogP contribution in [-0.2, 0) is 11.2 Å². The van der Waals surface area contributed by atoms with Gasteiger partial charge in [-0.3, -0.25) is 4.79 Å². The number of hydrogen-bond donors (Lipinski definition) is 2. The van der Waals surface area contributed by atoms with Gasteiger partial charge in [0.15, 0.2) is 11.6 Å². The van der Waals surface area contributed by atoms with Crippen LogP contribution in [0.2, 0.25) is 5.02 Å². The van der Waals surface area contributed by atoms with Gasteiger partial charge in [0.25, 0.3) is 5.91 Å². The van der Waals surface area contributed by atoms with E-state index in [1.54, 1.807) is 11.3 Å². The first-order chi connectivity index (χ1) is 13.2. The number of fused-ring (bicyclic) bond motifs is 1. The van der Waals surface area contributed by atoms with Gasteiger partial charge in [0, 0.05) is 24.4 Å². The highest BCUT2D eigenvalue weighted by Crippen LogP contribution is 2.28. The molecular weight excluding hydrogens is 378 g/mol. The molecule has 0 bridgehead atoms. The molecule has 0 saturated carbocycles. The summed E-state index contributed by atoms with van der Waals surface area (Å²) in [5.74, 6) is 0.111. The number of carbonyl (C=O) groups excluding carboxylic acids is 1. The Hall–Kier alpha value is -1.95. The number of nitrogens with one attached hydrogen (secondary N) is 2. The summed E-state index contributed by atoms with van der Waals surface area (Å²) in [4.78, 5) is 18.6. The SMILES string of the molecule is O=C(C[NH+]1CCC[C@@H]1c1nc2ccccc2s1)NCCc1cccc(Cl)c1. The summed E-state index contributed by atoms with van der Waals surface area (Å²) in [5, 5.41) is 4.95. The van der Waals surface area contributed by atoms with Crippen LogP contribution in [0.5, 0.6) is 0 Å². The van der Waals surface area contributed by atoms with Crippen molar-refractivity contribution in [1.82, 2.24) is 10.3 Å². The van der Waals surface area contributed by atoms with Crippen LogP contribution in [0.25, 0.3) is 10.2 Å². The number of benzene rings is 2. The Morgan fingerprint density at radius 2 is 2.15 bits per heavy atom. The second-order valence-electron chi connectivity index (χ2n) is 7.03. The Balaban J connectivity index is 1.33. The molecule has 0 aliphatic carbocycles. The van der Waals surface area contributed by atoms with Crippen LogP contribution >= 0.6 is 22.9 Å². The van der Waals surface area contributed by atoms with E-state index in [9.17, 15) is 4.79 Å². The minimum atomic E-state index is 0.111. The van der Waals surface area contributed by atoms with E-state index in [0.29, 0.717) is 19.1 Å². The number of amides is 1. The van der Waals surface area contributed by atoms with Crippen molar-refractivity contribution in [2.24, 2.45) is 0 Å². The number of nitrogens with zero attached hydrogens (tertiary/aromatic N) is 1. The van der Waals surface area contributed by atoms with Crippen LogP contribution in [0.1, 0.15) is 29.5 Å². The van der Waals surface area contributed by atoms with Gasteiger partial charge >= 0.3 is 0 Å². The zero-order chi connectivity index (χ0) is 18.6. The van der Waals surface area contributed by atoms with E-state index in [0.717, 1.165) is 46.9 Å². The Morgan fingerprint density at radius 3 is 3.00 bits per heavy atom. The number of quaternary nitrogens is 1. The minimum Gasteiger partial charge on any atom is -0.351 e. The number of rotatable bonds is 6. The third-order valence-electron chi connectivity index (χ3n) is 5.10. The molecule has 1 amide bonds. The van der Waals surface area contributed by atoms with Gasteiger partial charge in [0.1, 0.15) is 6.04 Å². The average Bonchev–Trinajstić information content (AvgIpc) is 3.28. The summed E-state index contributed by atoms with van der Waals surface area (Å²) in [5.41, 5.74) is 2.21. The predicted molar refractivity (Wildman–Crippen MR) is 110 cm³/mol. The summed E-state index contributed by atoms with van der Waals surface area (Å²) in [6.45, 7) is 2.18. The molecule has 140 valence electrons. The van der Waals surface area contributed by atoms with Crippen molar-refractivity contribution in [2.75, 3.05) is 19.6 Å². The fraction of sp³-hybridized carbons (Fsp3) is 0.333. The van der Waals surface area contributed by atoms with Crippen LogP contribution in [0.4, 0.5) is 0 Å². The number of aromatic nitrogens is 1. The first kappa shape index (κ1) is 18.4. The van der Waals surface area contributed by atoms with Crippen molar-refractivity contribution >= 4 is 39.1 Å². The van der Waals surface area contributed by atoms with Crippen LogP contribution < -0.4 is 10.2 Å². The monoisotopic (exact) mass is 400 g/mol. The smallest absolute Gasteiger partial charge is 0.275 e. The molecule has 1 aromatic heterocycles. The maximum Gasteiger partial charge on any atom is 0.275 e. The average molecular weight is 401 g/mol. The normalized spacial score (nSPS) is 19.4. The van der Waals surface area contributed by atoms with E-state index >= 15 is 0 Å². The summed E-state index contributed by atoms with van der Waals surface area (Å²) < 4.78 is 1.23. The van der Waals surface area contributed by atoms with Crippen LogP contribution in [0.15, 0.2) is 48.5 Å². The lowest BCUT2D eigenvalue weighted by molar-refractivity contribution is -0.910. The van der Waals surface area contributed by atoms with Crippen molar-refractivity contribution in [3.05, 3.63) is 64.1 Å². The highest BCUT2D eigenvalue weighted by molar-refractivity contribution is 7.18. The molecule has 27 heavy (non-hydrogen) atoms. The van der Waals surface area contributed by atoms with Gasteiger partial charge in [-0.05, 0) is 36.2 Å². The van der Waals surface area contributed by atoms with Gasteiger partial charge < -0.3 is 10.2 Å². The van der Waals surface area contributed by atoms with E-state index in [1.165, 1.54) is 9.60 Å². The number of halogens is 1. The van der Waals surface area contributed by atoms with Crippen molar-refractivity contribution in [1.29, 1.82) is 0 Å². The topological polar surface area (TPSA) is 46.4 Å². The number of carbonyl (C=O) groups is 1. The zero-order valence-corrected chi connectivity index (χ0v) is 16.7. The largest absolute Gasteiger partial charge is 0.351 e. The van der Waals surface area contributed by atoms with Crippen LogP contribution in [0.3, 0.4) is 0 Å². The molecule has 3 aromatic rings. The van der Waals surface area contributed by atoms with E-state index in [-0.39, 0.29) is 5.91 Å². The quantitative estimate of drug-likeness (QED) is 0.668. The zero-order valence-electron chi connectivity index (χ0n) is 15.1. The van der Waals surface area contributed by atoms with Gasteiger partial charge in [-0.15, -0.1) is 11.3 Å². The Bertz CT molecular complexity index is 909. The number of likely N-dealkylation sites (tertiary alicyclic amines) is 1. The van der Waals surface area contributed by atoms with Crippen molar-refractivity contribution < 1.29 is 9.69 Å². The summed E-state index contributed by atoms with van der Waals surface area (Å²) >= 11 is 7.77. The molecule has 2 N–H and O–H groups in total. The standard InChI is InChI=1S/C21H22ClN3OS/c22-16-6-3-5-15(13-16)10-11-23-20(26)14-25-12-4-8-18(25)21-24-17-7-1-2-9-19(17)27-21/h1-3,5-7,9,13,18H,4,8,10-12,14H2,(H,23,26)/p+1/t18-/m1/s1. The minimum absolute atomic E-state index is 0.111. The van der Waals surface area contributed by atoms with Gasteiger partial charge in [0.05, 0.1) is 16.8 Å². The van der Waals surface area contributed by atoms with Crippen molar-refractivity contribution in [3.8, 4) is 0 Å². The first-order valence-electron chi connectivity index (χ1n) is 9.40. The third-order valence-corrected chi connectivity index (χ3v) is 6.49. The maximum atomic E-state index is 12.4. The highest BCUT2D eigenvalue weighted by atomic mass is 35.5. The number of thiazole rings is 1. The van der Waals surface area contributed by atoms with E-state index < -0.39 is 0 Å². The summed E-state index contributed by atoms with van der Waals surface area (Å²) in [6, 6.07) is 16.4. The van der Waals surface area contributed by atoms with Gasteiger partial charge in [-0.2, -0.15) is 0 Å². The second-order valence-corrected chi connectivity index (χ2v) is 8.53. The molecule has 1 saturated heterocycles. The van der Waals surface area contributed by atoms with Gasteiger partial charge in [-0.1, -0.05) is 35.9 Å². The van der Waals surface area contributed by atoms with Crippen LogP contribution in [-0.4, -0.2) is 30.5 Å². The Labute approximate surface area is 168 Å². The lowest BCUT2D eigenvalue weighted by atomic mass is 10.1. The molecule has 1 fully saturated rings. The van der Waals surface area contributed by atoms with E-state index in [1.807, 2.05) is 30.3 Å². The Kier molecular flexibility index (Phi) is 5.72. The number of hydrogen-bond acceptors (Lipinski definition) is 3. The summed E-state index contributed by atoms with van der Waals surface area (Å²) in [7, 11) is 0. The molecule has 0 spiro atoms. The molecule has 1 aliphatic heterocycles. The lowest BCUT2D eigenvalue weighted by Gasteiger charge is -2.19. The molecule has 2 heterocycles. The molecule has 1 unspecified atom stereocenters. The molecule has 1 aliphatic rings. The predicted octanol–water partition coefficient (Wildman–Crippen LogP) is 3.03. The number of para-hydroxylation sites is 1. The molecular formula is C21H23ClN3OS+. The van der Waals surface area contributed by atoms with E-state index in [4.69, 9.17) is 16.6 Å². The van der Waals surface area contributed by atoms with Gasteiger partial charge in [0.2, 0.25) is 0 Å². The molecule has 2 atom stereocenters. The molecule has 2 aromatic carbocycles. The molecule has 4 rings (SSSR count). The van der Waals surface area contributed by atoms with Gasteiger partial charge in [-0.25, -0.2) is 4.98 Å². The fourth-order valence-corrected chi connectivity index (χ4v) is 5.14.